The first-order valence-electron chi connectivity index (χ1n) is 6.71. The number of nitrogens with zero attached hydrogens (tertiary/aromatic N) is 1. The van der Waals surface area contributed by atoms with E-state index in [9.17, 15) is 4.79 Å². The van der Waals surface area contributed by atoms with E-state index in [-0.39, 0.29) is 11.9 Å². The van der Waals surface area contributed by atoms with E-state index in [0.29, 0.717) is 19.6 Å². The molecule has 1 N–H and O–H groups in total. The van der Waals surface area contributed by atoms with Crippen LogP contribution in [0.2, 0.25) is 0 Å². The van der Waals surface area contributed by atoms with Gasteiger partial charge in [0.1, 0.15) is 5.75 Å². The zero-order chi connectivity index (χ0) is 14.3. The number of carbonyl (C=O) groups is 1. The average molecular weight is 264 g/mol. The predicted molar refractivity (Wildman–Crippen MR) is 77.3 cm³/mol. The van der Waals surface area contributed by atoms with E-state index in [4.69, 9.17) is 4.74 Å². The van der Waals surface area contributed by atoms with Gasteiger partial charge in [-0.3, -0.25) is 4.79 Å². The van der Waals surface area contributed by atoms with Crippen LogP contribution in [0.1, 0.15) is 31.9 Å². The predicted octanol–water partition coefficient (Wildman–Crippen LogP) is 2.21. The van der Waals surface area contributed by atoms with Crippen LogP contribution in [0.3, 0.4) is 0 Å². The Hall–Kier alpha value is -1.55. The van der Waals surface area contributed by atoms with Crippen molar-refractivity contribution in [2.75, 3.05) is 27.2 Å². The van der Waals surface area contributed by atoms with Gasteiger partial charge in [0.2, 0.25) is 5.91 Å². The van der Waals surface area contributed by atoms with Gasteiger partial charge in [-0.25, -0.2) is 0 Å². The lowest BCUT2D eigenvalue weighted by atomic mass is 10.1. The van der Waals surface area contributed by atoms with Crippen molar-refractivity contribution >= 4 is 5.91 Å². The van der Waals surface area contributed by atoms with E-state index in [2.05, 4.69) is 24.4 Å². The number of hydrogen-bond donors (Lipinski definition) is 1. The molecular weight excluding hydrogens is 240 g/mol. The Bertz CT molecular complexity index is 388. The van der Waals surface area contributed by atoms with E-state index >= 15 is 0 Å². The Labute approximate surface area is 115 Å². The largest absolute Gasteiger partial charge is 0.494 e. The van der Waals surface area contributed by atoms with Gasteiger partial charge in [0.25, 0.3) is 0 Å². The molecule has 0 bridgehead atoms. The maximum atomic E-state index is 11.4. The summed E-state index contributed by atoms with van der Waals surface area (Å²) in [7, 11) is 3.55. The van der Waals surface area contributed by atoms with Crippen LogP contribution in [0, 0.1) is 0 Å². The van der Waals surface area contributed by atoms with Crippen LogP contribution in [0.4, 0.5) is 0 Å². The molecule has 4 heteroatoms. The van der Waals surface area contributed by atoms with Gasteiger partial charge in [-0.15, -0.1) is 0 Å². The van der Waals surface area contributed by atoms with Crippen molar-refractivity contribution in [2.45, 2.75) is 26.3 Å². The standard InChI is InChI=1S/C15H24N2O2/c1-5-19-14-8-6-13(7-9-14)12(2)16-11-10-15(18)17(3)4/h6-9,12,16H,5,10-11H2,1-4H3. The Morgan fingerprint density at radius 1 is 1.32 bits per heavy atom. The molecule has 4 nitrogen and oxygen atoms in total. The highest BCUT2D eigenvalue weighted by Crippen LogP contribution is 2.17. The maximum Gasteiger partial charge on any atom is 0.223 e. The molecule has 1 amide bonds. The summed E-state index contributed by atoms with van der Waals surface area (Å²) >= 11 is 0. The van der Waals surface area contributed by atoms with E-state index < -0.39 is 0 Å². The molecule has 0 saturated carbocycles. The van der Waals surface area contributed by atoms with Gasteiger partial charge >= 0.3 is 0 Å². The molecule has 1 atom stereocenters. The Balaban J connectivity index is 2.40. The first-order valence-corrected chi connectivity index (χ1v) is 6.71. The van der Waals surface area contributed by atoms with Crippen molar-refractivity contribution in [1.29, 1.82) is 0 Å². The van der Waals surface area contributed by atoms with E-state index in [1.165, 1.54) is 5.56 Å². The van der Waals surface area contributed by atoms with E-state index in [1.807, 2.05) is 19.1 Å². The molecule has 0 aliphatic carbocycles. The normalized spacial score (nSPS) is 12.0. The van der Waals surface area contributed by atoms with Gasteiger partial charge in [0.15, 0.2) is 0 Å². The molecule has 0 aliphatic heterocycles. The third-order valence-corrected chi connectivity index (χ3v) is 2.98. The van der Waals surface area contributed by atoms with Gasteiger partial charge in [-0.05, 0) is 31.5 Å². The molecule has 0 aromatic heterocycles. The average Bonchev–Trinajstić information content (AvgIpc) is 2.39. The van der Waals surface area contributed by atoms with Gasteiger partial charge < -0.3 is 15.0 Å². The van der Waals surface area contributed by atoms with Crippen molar-refractivity contribution in [3.05, 3.63) is 29.8 Å². The fourth-order valence-corrected chi connectivity index (χ4v) is 1.76. The van der Waals surface area contributed by atoms with Crippen molar-refractivity contribution in [2.24, 2.45) is 0 Å². The van der Waals surface area contributed by atoms with Crippen LogP contribution in [-0.4, -0.2) is 38.1 Å². The third kappa shape index (κ3) is 5.30. The second-order valence-electron chi connectivity index (χ2n) is 4.72. The summed E-state index contributed by atoms with van der Waals surface area (Å²) < 4.78 is 5.41. The molecule has 0 fully saturated rings. The first-order chi connectivity index (χ1) is 9.04. The molecule has 1 aromatic carbocycles. The summed E-state index contributed by atoms with van der Waals surface area (Å²) in [5, 5.41) is 3.35. The molecule has 1 aromatic rings. The van der Waals surface area contributed by atoms with E-state index in [1.54, 1.807) is 19.0 Å². The molecule has 0 heterocycles. The number of amides is 1. The van der Waals surface area contributed by atoms with Crippen LogP contribution in [0.15, 0.2) is 24.3 Å². The van der Waals surface area contributed by atoms with Crippen molar-refractivity contribution in [3.8, 4) is 5.75 Å². The zero-order valence-electron chi connectivity index (χ0n) is 12.3. The number of benzene rings is 1. The molecule has 19 heavy (non-hydrogen) atoms. The minimum atomic E-state index is 0.145. The summed E-state index contributed by atoms with van der Waals surface area (Å²) in [5.74, 6) is 1.03. The number of hydrogen-bond acceptors (Lipinski definition) is 3. The zero-order valence-corrected chi connectivity index (χ0v) is 12.3. The number of carbonyl (C=O) groups excluding carboxylic acids is 1. The summed E-state index contributed by atoms with van der Waals surface area (Å²) in [5.41, 5.74) is 1.20. The molecule has 0 spiro atoms. The first kappa shape index (κ1) is 15.5. The molecule has 106 valence electrons. The number of ether oxygens (including phenoxy) is 1. The third-order valence-electron chi connectivity index (χ3n) is 2.98. The Kier molecular flexibility index (Phi) is 6.36. The molecule has 0 saturated heterocycles. The minimum Gasteiger partial charge on any atom is -0.494 e. The molecule has 1 rings (SSSR count). The van der Waals surface area contributed by atoms with E-state index in [0.717, 1.165) is 5.75 Å². The van der Waals surface area contributed by atoms with Crippen LogP contribution in [0.5, 0.6) is 5.75 Å². The highest BCUT2D eigenvalue weighted by atomic mass is 16.5. The van der Waals surface area contributed by atoms with Crippen molar-refractivity contribution in [1.82, 2.24) is 10.2 Å². The number of nitrogens with one attached hydrogen (secondary N) is 1. The fraction of sp³-hybridized carbons (Fsp3) is 0.533. The van der Waals surface area contributed by atoms with Crippen molar-refractivity contribution in [3.63, 3.8) is 0 Å². The molecule has 0 aliphatic rings. The summed E-state index contributed by atoms with van der Waals surface area (Å²) in [6.45, 7) is 5.43. The Morgan fingerprint density at radius 2 is 1.95 bits per heavy atom. The molecule has 0 radical (unpaired) electrons. The number of rotatable bonds is 7. The van der Waals surface area contributed by atoms with Crippen LogP contribution < -0.4 is 10.1 Å². The lowest BCUT2D eigenvalue weighted by Gasteiger charge is -2.16. The van der Waals surface area contributed by atoms with Crippen molar-refractivity contribution < 1.29 is 9.53 Å². The molecule has 1 unspecified atom stereocenters. The van der Waals surface area contributed by atoms with Gasteiger partial charge in [-0.2, -0.15) is 0 Å². The summed E-state index contributed by atoms with van der Waals surface area (Å²) in [6.07, 6.45) is 0.522. The highest BCUT2D eigenvalue weighted by Gasteiger charge is 2.07. The monoisotopic (exact) mass is 264 g/mol. The van der Waals surface area contributed by atoms with Crippen LogP contribution in [0.25, 0.3) is 0 Å². The smallest absolute Gasteiger partial charge is 0.223 e. The molecular formula is C15H24N2O2. The minimum absolute atomic E-state index is 0.145. The lowest BCUT2D eigenvalue weighted by molar-refractivity contribution is -0.128. The van der Waals surface area contributed by atoms with Crippen LogP contribution in [-0.2, 0) is 4.79 Å². The summed E-state index contributed by atoms with van der Waals surface area (Å²) in [6, 6.07) is 8.28. The van der Waals surface area contributed by atoms with Gasteiger partial charge in [0.05, 0.1) is 6.61 Å². The van der Waals surface area contributed by atoms with Gasteiger partial charge in [-0.1, -0.05) is 12.1 Å². The Morgan fingerprint density at radius 3 is 2.47 bits per heavy atom. The second kappa shape index (κ2) is 7.79. The highest BCUT2D eigenvalue weighted by molar-refractivity contribution is 5.75. The topological polar surface area (TPSA) is 41.6 Å². The maximum absolute atomic E-state index is 11.4. The second-order valence-corrected chi connectivity index (χ2v) is 4.72. The quantitative estimate of drug-likeness (QED) is 0.821. The fourth-order valence-electron chi connectivity index (χ4n) is 1.76. The SMILES string of the molecule is CCOc1ccc(C(C)NCCC(=O)N(C)C)cc1. The lowest BCUT2D eigenvalue weighted by Crippen LogP contribution is -2.28. The summed E-state index contributed by atoms with van der Waals surface area (Å²) in [4.78, 5) is 13.1. The van der Waals surface area contributed by atoms with Crippen LogP contribution >= 0.6 is 0 Å². The van der Waals surface area contributed by atoms with Gasteiger partial charge in [0, 0.05) is 33.1 Å².